The molecule has 1 aliphatic heterocycles. The van der Waals surface area contributed by atoms with Crippen molar-refractivity contribution in [3.05, 3.63) is 35.2 Å². The number of hydrogen-bond acceptors (Lipinski definition) is 2. The predicted octanol–water partition coefficient (Wildman–Crippen LogP) is 1.86. The zero-order valence-corrected chi connectivity index (χ0v) is 9.29. The monoisotopic (exact) mass is 224 g/mol. The molecule has 0 unspecified atom stereocenters. The van der Waals surface area contributed by atoms with Crippen LogP contribution in [0.25, 0.3) is 0 Å². The molecule has 2 aliphatic rings. The number of nitrogens with zero attached hydrogens (tertiary/aromatic N) is 1. The number of carbonyl (C=O) groups excluding carboxylic acids is 1. The fourth-order valence-electron chi connectivity index (χ4n) is 1.87. The second-order valence-corrected chi connectivity index (χ2v) is 4.18. The third kappa shape index (κ3) is 1.47. The van der Waals surface area contributed by atoms with Crippen molar-refractivity contribution in [1.29, 1.82) is 0 Å². The van der Waals surface area contributed by atoms with Crippen LogP contribution in [0.3, 0.4) is 0 Å². The Kier molecular flexibility index (Phi) is 2.35. The molecule has 0 spiro atoms. The van der Waals surface area contributed by atoms with Gasteiger partial charge in [-0.15, -0.1) is 0 Å². The molecule has 1 aliphatic carbocycles. The number of rotatable bonds is 2. The molecule has 0 aromatic heterocycles. The summed E-state index contributed by atoms with van der Waals surface area (Å²) < 4.78 is 0. The van der Waals surface area contributed by atoms with E-state index in [4.69, 9.17) is 17.3 Å². The topological polar surface area (TPSA) is 46.3 Å². The summed E-state index contributed by atoms with van der Waals surface area (Å²) in [6, 6.07) is 0. The smallest absolute Gasteiger partial charge is 0.243 e. The van der Waals surface area contributed by atoms with Gasteiger partial charge in [0.05, 0.1) is 0 Å². The summed E-state index contributed by atoms with van der Waals surface area (Å²) in [4.78, 5) is 13.3. The molecule has 0 radical (unpaired) electrons. The number of halogens is 1. The van der Waals surface area contributed by atoms with Crippen molar-refractivity contribution in [2.24, 2.45) is 5.73 Å². The summed E-state index contributed by atoms with van der Waals surface area (Å²) in [7, 11) is 0. The fraction of sp³-hybridized carbons (Fsp3) is 0.364. The lowest BCUT2D eigenvalue weighted by Crippen LogP contribution is -2.45. The first kappa shape index (κ1) is 10.3. The first-order valence-electron chi connectivity index (χ1n) is 4.92. The Morgan fingerprint density at radius 2 is 2.33 bits per heavy atom. The highest BCUT2D eigenvalue weighted by Gasteiger charge is 2.55. The lowest BCUT2D eigenvalue weighted by molar-refractivity contribution is -0.123. The SMILES string of the molecule is C/C=C1/C=CC=C(Cl)N1C1(C(N)=O)CC1. The molecule has 0 saturated heterocycles. The molecule has 1 heterocycles. The van der Waals surface area contributed by atoms with E-state index in [1.54, 1.807) is 6.08 Å². The van der Waals surface area contributed by atoms with Gasteiger partial charge in [0.1, 0.15) is 10.7 Å². The minimum absolute atomic E-state index is 0.302. The van der Waals surface area contributed by atoms with Gasteiger partial charge in [0.25, 0.3) is 0 Å². The van der Waals surface area contributed by atoms with E-state index in [9.17, 15) is 4.79 Å². The third-order valence-corrected chi connectivity index (χ3v) is 3.17. The van der Waals surface area contributed by atoms with Gasteiger partial charge < -0.3 is 10.6 Å². The molecule has 1 saturated carbocycles. The van der Waals surface area contributed by atoms with Crippen LogP contribution >= 0.6 is 11.6 Å². The lowest BCUT2D eigenvalue weighted by atomic mass is 10.1. The van der Waals surface area contributed by atoms with Crippen LogP contribution in [-0.2, 0) is 4.79 Å². The molecular weight excluding hydrogens is 212 g/mol. The maximum absolute atomic E-state index is 11.4. The number of nitrogens with two attached hydrogens (primary N) is 1. The molecule has 80 valence electrons. The summed E-state index contributed by atoms with van der Waals surface area (Å²) >= 11 is 6.11. The highest BCUT2D eigenvalue weighted by Crippen LogP contribution is 2.47. The zero-order chi connectivity index (χ0) is 11.1. The van der Waals surface area contributed by atoms with E-state index in [0.29, 0.717) is 5.16 Å². The van der Waals surface area contributed by atoms with Crippen molar-refractivity contribution >= 4 is 17.5 Å². The van der Waals surface area contributed by atoms with E-state index in [0.717, 1.165) is 18.5 Å². The Labute approximate surface area is 93.9 Å². The van der Waals surface area contributed by atoms with Crippen molar-refractivity contribution in [2.75, 3.05) is 0 Å². The molecular formula is C11H13ClN2O. The van der Waals surface area contributed by atoms with Crippen LogP contribution in [0.15, 0.2) is 35.2 Å². The van der Waals surface area contributed by atoms with Crippen molar-refractivity contribution < 1.29 is 4.79 Å². The second-order valence-electron chi connectivity index (χ2n) is 3.79. The number of amides is 1. The first-order chi connectivity index (χ1) is 7.12. The Morgan fingerprint density at radius 1 is 1.67 bits per heavy atom. The van der Waals surface area contributed by atoms with Gasteiger partial charge >= 0.3 is 0 Å². The minimum Gasteiger partial charge on any atom is -0.368 e. The second kappa shape index (κ2) is 3.42. The standard InChI is InChI=1S/C11H13ClN2O/c1-2-8-4-3-5-9(12)14(8)11(6-7-11)10(13)15/h2-5H,6-7H2,1H3,(H2,13,15)/b8-2-. The molecule has 0 aromatic rings. The molecule has 1 amide bonds. The van der Waals surface area contributed by atoms with E-state index in [1.807, 2.05) is 30.1 Å². The van der Waals surface area contributed by atoms with E-state index < -0.39 is 5.54 Å². The predicted molar refractivity (Wildman–Crippen MR) is 59.8 cm³/mol. The van der Waals surface area contributed by atoms with E-state index in [-0.39, 0.29) is 5.91 Å². The summed E-state index contributed by atoms with van der Waals surface area (Å²) in [5, 5.41) is 0.557. The molecule has 2 rings (SSSR count). The summed E-state index contributed by atoms with van der Waals surface area (Å²) in [6.45, 7) is 1.92. The number of allylic oxidation sites excluding steroid dienone is 4. The molecule has 2 N–H and O–H groups in total. The van der Waals surface area contributed by atoms with Crippen LogP contribution in [-0.4, -0.2) is 16.3 Å². The van der Waals surface area contributed by atoms with E-state index >= 15 is 0 Å². The Bertz CT molecular complexity index is 391. The van der Waals surface area contributed by atoms with Gasteiger partial charge in [-0.25, -0.2) is 0 Å². The maximum Gasteiger partial charge on any atom is 0.243 e. The van der Waals surface area contributed by atoms with Crippen molar-refractivity contribution in [3.63, 3.8) is 0 Å². The lowest BCUT2D eigenvalue weighted by Gasteiger charge is -2.33. The quantitative estimate of drug-likeness (QED) is 0.728. The average molecular weight is 225 g/mol. The van der Waals surface area contributed by atoms with E-state index in [1.165, 1.54) is 0 Å². The summed E-state index contributed by atoms with van der Waals surface area (Å²) in [5.41, 5.74) is 5.77. The van der Waals surface area contributed by atoms with Crippen LogP contribution in [0.2, 0.25) is 0 Å². The Balaban J connectivity index is 2.39. The fourth-order valence-corrected chi connectivity index (χ4v) is 2.21. The normalized spacial score (nSPS) is 25.3. The number of primary amides is 1. The first-order valence-corrected chi connectivity index (χ1v) is 5.30. The minimum atomic E-state index is -0.583. The van der Waals surface area contributed by atoms with Crippen molar-refractivity contribution in [1.82, 2.24) is 4.90 Å². The highest BCUT2D eigenvalue weighted by molar-refractivity contribution is 6.29. The van der Waals surface area contributed by atoms with Crippen molar-refractivity contribution in [3.8, 4) is 0 Å². The van der Waals surface area contributed by atoms with E-state index in [2.05, 4.69) is 0 Å². The van der Waals surface area contributed by atoms with Crippen LogP contribution < -0.4 is 5.73 Å². The van der Waals surface area contributed by atoms with Crippen molar-refractivity contribution in [2.45, 2.75) is 25.3 Å². The molecule has 1 fully saturated rings. The van der Waals surface area contributed by atoms with Gasteiger partial charge in [0.2, 0.25) is 5.91 Å². The van der Waals surface area contributed by atoms with Crippen LogP contribution in [0.5, 0.6) is 0 Å². The van der Waals surface area contributed by atoms with Gasteiger partial charge in [-0.05, 0) is 31.9 Å². The van der Waals surface area contributed by atoms with Crippen LogP contribution in [0, 0.1) is 0 Å². The van der Waals surface area contributed by atoms with Gasteiger partial charge in [-0.2, -0.15) is 0 Å². The van der Waals surface area contributed by atoms with Crippen LogP contribution in [0.1, 0.15) is 19.8 Å². The van der Waals surface area contributed by atoms with Gasteiger partial charge in [0, 0.05) is 5.70 Å². The van der Waals surface area contributed by atoms with Gasteiger partial charge in [-0.1, -0.05) is 23.8 Å². The number of carbonyl (C=O) groups is 1. The zero-order valence-electron chi connectivity index (χ0n) is 8.53. The summed E-state index contributed by atoms with van der Waals surface area (Å²) in [5.74, 6) is -0.302. The molecule has 4 heteroatoms. The highest BCUT2D eigenvalue weighted by atomic mass is 35.5. The molecule has 0 atom stereocenters. The van der Waals surface area contributed by atoms with Gasteiger partial charge in [0.15, 0.2) is 0 Å². The molecule has 0 aromatic carbocycles. The average Bonchev–Trinajstić information content (AvgIpc) is 2.98. The Morgan fingerprint density at radius 3 is 2.80 bits per heavy atom. The number of hydrogen-bond donors (Lipinski definition) is 1. The maximum atomic E-state index is 11.4. The molecule has 15 heavy (non-hydrogen) atoms. The molecule has 3 nitrogen and oxygen atoms in total. The third-order valence-electron chi connectivity index (χ3n) is 2.88. The van der Waals surface area contributed by atoms with Gasteiger partial charge in [-0.3, -0.25) is 4.79 Å². The van der Waals surface area contributed by atoms with Crippen LogP contribution in [0.4, 0.5) is 0 Å². The molecule has 0 bridgehead atoms. The largest absolute Gasteiger partial charge is 0.368 e. The summed E-state index contributed by atoms with van der Waals surface area (Å²) in [6.07, 6.45) is 9.04. The Hall–Kier alpha value is -1.22.